The van der Waals surface area contributed by atoms with Crippen LogP contribution in [0.2, 0.25) is 0 Å². The van der Waals surface area contributed by atoms with Crippen LogP contribution in [0.1, 0.15) is 49.4 Å². The number of unbranched alkanes of at least 4 members (excludes halogenated alkanes) is 4. The first-order valence-corrected chi connectivity index (χ1v) is 14.2. The number of ether oxygens (including phenoxy) is 1. The van der Waals surface area contributed by atoms with E-state index < -0.39 is 10.0 Å². The lowest BCUT2D eigenvalue weighted by Crippen LogP contribution is -2.34. The number of rotatable bonds is 12. The van der Waals surface area contributed by atoms with E-state index >= 15 is 0 Å². The molecular weight excluding hydrogens is 506 g/mol. The molecule has 3 rings (SSSR count). The molecule has 0 saturated carbocycles. The average molecular weight is 540 g/mol. The summed E-state index contributed by atoms with van der Waals surface area (Å²) in [4.78, 5) is 12.7. The molecule has 0 aromatic heterocycles. The smallest absolute Gasteiger partial charge is 0.264 e. The van der Waals surface area contributed by atoms with Crippen LogP contribution in [-0.2, 0) is 10.0 Å². The number of nitrogens with one attached hydrogen (secondary N) is 2. The third-order valence-corrected chi connectivity index (χ3v) is 7.75. The Bertz CT molecular complexity index is 1260. The van der Waals surface area contributed by atoms with Crippen molar-refractivity contribution in [1.29, 1.82) is 0 Å². The van der Waals surface area contributed by atoms with E-state index in [1.54, 1.807) is 60.7 Å². The number of thiocarbonyl (C=S) groups is 1. The molecule has 1 amide bonds. The highest BCUT2D eigenvalue weighted by Crippen LogP contribution is 2.23. The lowest BCUT2D eigenvalue weighted by molar-refractivity contribution is 0.0977. The van der Waals surface area contributed by atoms with Crippen LogP contribution < -0.4 is 19.7 Å². The van der Waals surface area contributed by atoms with Gasteiger partial charge in [-0.05, 0) is 79.3 Å². The van der Waals surface area contributed by atoms with E-state index in [1.807, 2.05) is 6.07 Å². The first kappa shape index (κ1) is 28.1. The summed E-state index contributed by atoms with van der Waals surface area (Å²) in [6.45, 7) is 2.85. The molecule has 0 spiro atoms. The fourth-order valence-corrected chi connectivity index (χ4v) is 4.99. The maximum absolute atomic E-state index is 12.9. The largest absolute Gasteiger partial charge is 0.494 e. The highest BCUT2D eigenvalue weighted by molar-refractivity contribution is 7.92. The van der Waals surface area contributed by atoms with E-state index in [-0.39, 0.29) is 15.9 Å². The summed E-state index contributed by atoms with van der Waals surface area (Å²) in [5.74, 6) is 0.369. The highest BCUT2D eigenvalue weighted by atomic mass is 32.2. The Morgan fingerprint density at radius 2 is 1.54 bits per heavy atom. The highest BCUT2D eigenvalue weighted by Gasteiger charge is 2.21. The van der Waals surface area contributed by atoms with Crippen LogP contribution in [0.4, 0.5) is 11.4 Å². The number of hydrogen-bond acceptors (Lipinski definition) is 5. The SMILES string of the molecule is CCCCCCCOc1ccc(C(=O)NC(=S)Nc2ccc(S(=O)(=O)N(C)c3ccccc3)cc2)cc1. The molecule has 0 bridgehead atoms. The van der Waals surface area contributed by atoms with E-state index in [2.05, 4.69) is 17.6 Å². The van der Waals surface area contributed by atoms with E-state index in [0.717, 1.165) is 18.6 Å². The van der Waals surface area contributed by atoms with Crippen molar-refractivity contribution in [3.63, 3.8) is 0 Å². The molecule has 9 heteroatoms. The van der Waals surface area contributed by atoms with Gasteiger partial charge in [0, 0.05) is 18.3 Å². The summed E-state index contributed by atoms with van der Waals surface area (Å²) >= 11 is 5.26. The van der Waals surface area contributed by atoms with Crippen molar-refractivity contribution in [2.24, 2.45) is 0 Å². The molecule has 0 heterocycles. The van der Waals surface area contributed by atoms with E-state index in [4.69, 9.17) is 17.0 Å². The fraction of sp³-hybridized carbons (Fsp3) is 0.286. The molecule has 0 aliphatic rings. The van der Waals surface area contributed by atoms with Crippen LogP contribution in [0, 0.1) is 0 Å². The fourth-order valence-electron chi connectivity index (χ4n) is 3.58. The molecule has 3 aromatic rings. The average Bonchev–Trinajstić information content (AvgIpc) is 2.91. The van der Waals surface area contributed by atoms with Crippen LogP contribution in [0.25, 0.3) is 0 Å². The minimum absolute atomic E-state index is 0.106. The van der Waals surface area contributed by atoms with Crippen molar-refractivity contribution in [3.8, 4) is 5.75 Å². The van der Waals surface area contributed by atoms with Crippen molar-refractivity contribution in [2.45, 2.75) is 43.9 Å². The number of sulfonamides is 1. The molecule has 0 aliphatic heterocycles. The maximum atomic E-state index is 12.9. The number of para-hydroxylation sites is 1. The third kappa shape index (κ3) is 8.30. The predicted octanol–water partition coefficient (Wildman–Crippen LogP) is 5.99. The zero-order valence-electron chi connectivity index (χ0n) is 21.1. The van der Waals surface area contributed by atoms with E-state index in [0.29, 0.717) is 23.5 Å². The number of anilines is 2. The molecule has 2 N–H and O–H groups in total. The summed E-state index contributed by atoms with van der Waals surface area (Å²) in [7, 11) is -2.21. The minimum Gasteiger partial charge on any atom is -0.494 e. The van der Waals surface area contributed by atoms with Gasteiger partial charge in [0.1, 0.15) is 5.75 Å². The van der Waals surface area contributed by atoms with Gasteiger partial charge in [0.2, 0.25) is 0 Å². The number of nitrogens with zero attached hydrogens (tertiary/aromatic N) is 1. The standard InChI is InChI=1S/C28H33N3O4S2/c1-3-4-5-6-10-21-35-25-17-13-22(14-18-25)27(32)30-28(36)29-23-15-19-26(20-16-23)37(33,34)31(2)24-11-8-7-9-12-24/h7-9,11-20H,3-6,10,21H2,1-2H3,(H2,29,30,32,36). The molecule has 0 fully saturated rings. The van der Waals surface area contributed by atoms with Crippen LogP contribution in [-0.4, -0.2) is 33.1 Å². The summed E-state index contributed by atoms with van der Waals surface area (Å²) in [6, 6.07) is 21.9. The molecule has 37 heavy (non-hydrogen) atoms. The molecule has 0 radical (unpaired) electrons. The molecule has 7 nitrogen and oxygen atoms in total. The maximum Gasteiger partial charge on any atom is 0.264 e. The van der Waals surface area contributed by atoms with Crippen molar-refractivity contribution >= 4 is 44.6 Å². The zero-order chi connectivity index (χ0) is 26.7. The molecule has 3 aromatic carbocycles. The molecule has 0 unspecified atom stereocenters. The number of benzene rings is 3. The van der Waals surface area contributed by atoms with Crippen LogP contribution in [0.5, 0.6) is 5.75 Å². The summed E-state index contributed by atoms with van der Waals surface area (Å²) in [5, 5.41) is 5.65. The summed E-state index contributed by atoms with van der Waals surface area (Å²) in [5.41, 5.74) is 1.56. The quantitative estimate of drug-likeness (QED) is 0.217. The molecule has 0 saturated heterocycles. The van der Waals surface area contributed by atoms with Crippen LogP contribution >= 0.6 is 12.2 Å². The molecule has 0 atom stereocenters. The first-order chi connectivity index (χ1) is 17.8. The van der Waals surface area contributed by atoms with Crippen molar-refractivity contribution < 1.29 is 17.9 Å². The Labute approximate surface area is 224 Å². The second kappa shape index (κ2) is 13.8. The minimum atomic E-state index is -3.71. The molecule has 0 aliphatic carbocycles. The Morgan fingerprint density at radius 3 is 2.19 bits per heavy atom. The van der Waals surface area contributed by atoms with E-state index in [1.165, 1.54) is 42.7 Å². The van der Waals surface area contributed by atoms with Gasteiger partial charge in [-0.15, -0.1) is 0 Å². The van der Waals surface area contributed by atoms with Gasteiger partial charge in [-0.25, -0.2) is 8.42 Å². The predicted molar refractivity (Wildman–Crippen MR) is 153 cm³/mol. The van der Waals surface area contributed by atoms with Crippen LogP contribution in [0.15, 0.2) is 83.8 Å². The number of amides is 1. The van der Waals surface area contributed by atoms with Gasteiger partial charge in [-0.2, -0.15) is 0 Å². The number of carbonyl (C=O) groups is 1. The summed E-state index contributed by atoms with van der Waals surface area (Å²) in [6.07, 6.45) is 5.86. The van der Waals surface area contributed by atoms with Gasteiger partial charge < -0.3 is 10.1 Å². The van der Waals surface area contributed by atoms with Gasteiger partial charge in [-0.1, -0.05) is 50.8 Å². The van der Waals surface area contributed by atoms with Crippen molar-refractivity contribution in [3.05, 3.63) is 84.4 Å². The molecular formula is C28H33N3O4S2. The monoisotopic (exact) mass is 539 g/mol. The second-order valence-corrected chi connectivity index (χ2v) is 10.9. The Morgan fingerprint density at radius 1 is 0.892 bits per heavy atom. The Balaban J connectivity index is 1.50. The van der Waals surface area contributed by atoms with Gasteiger partial charge in [0.05, 0.1) is 17.2 Å². The normalized spacial score (nSPS) is 11.0. The lowest BCUT2D eigenvalue weighted by atomic mass is 10.2. The van der Waals surface area contributed by atoms with Gasteiger partial charge >= 0.3 is 0 Å². The number of carbonyl (C=O) groups excluding carboxylic acids is 1. The van der Waals surface area contributed by atoms with Crippen LogP contribution in [0.3, 0.4) is 0 Å². The van der Waals surface area contributed by atoms with Crippen molar-refractivity contribution in [1.82, 2.24) is 5.32 Å². The summed E-state index contributed by atoms with van der Waals surface area (Å²) < 4.78 is 32.8. The van der Waals surface area contributed by atoms with E-state index in [9.17, 15) is 13.2 Å². The van der Waals surface area contributed by atoms with Gasteiger partial charge in [-0.3, -0.25) is 14.4 Å². The number of hydrogen-bond donors (Lipinski definition) is 2. The second-order valence-electron chi connectivity index (χ2n) is 8.53. The van der Waals surface area contributed by atoms with Crippen molar-refractivity contribution in [2.75, 3.05) is 23.3 Å². The third-order valence-electron chi connectivity index (χ3n) is 5.75. The van der Waals surface area contributed by atoms with Gasteiger partial charge in [0.15, 0.2) is 5.11 Å². The zero-order valence-corrected chi connectivity index (χ0v) is 22.8. The molecule has 196 valence electrons. The first-order valence-electron chi connectivity index (χ1n) is 12.3. The Kier molecular flexibility index (Phi) is 10.5. The topological polar surface area (TPSA) is 87.7 Å². The Hall–Kier alpha value is -3.43. The lowest BCUT2D eigenvalue weighted by Gasteiger charge is -2.19. The van der Waals surface area contributed by atoms with Gasteiger partial charge in [0.25, 0.3) is 15.9 Å².